The minimum atomic E-state index is -0.568. The molecule has 4 aliphatic carbocycles. The van der Waals surface area contributed by atoms with Gasteiger partial charge in [-0.25, -0.2) is 4.79 Å². The van der Waals surface area contributed by atoms with E-state index in [1.165, 1.54) is 51.4 Å². The van der Waals surface area contributed by atoms with Crippen molar-refractivity contribution in [2.45, 2.75) is 111 Å². The maximum absolute atomic E-state index is 12.4. The summed E-state index contributed by atoms with van der Waals surface area (Å²) in [5, 5.41) is 0. The molecule has 1 aromatic rings. The highest BCUT2D eigenvalue weighted by Gasteiger charge is 2.59. The second kappa shape index (κ2) is 10.8. The van der Waals surface area contributed by atoms with Crippen molar-refractivity contribution in [1.82, 2.24) is 0 Å². The molecule has 204 valence electrons. The fourth-order valence-corrected chi connectivity index (χ4v) is 9.50. The molecule has 3 nitrogen and oxygen atoms in total. The van der Waals surface area contributed by atoms with Crippen LogP contribution in [0.25, 0.3) is 0 Å². The first kappa shape index (κ1) is 26.8. The van der Waals surface area contributed by atoms with Gasteiger partial charge in [0.2, 0.25) is 0 Å². The molecule has 1 aromatic carbocycles. The number of allylic oxidation sites excluding steroid dienone is 1. The van der Waals surface area contributed by atoms with Crippen LogP contribution in [0.3, 0.4) is 0 Å². The van der Waals surface area contributed by atoms with E-state index >= 15 is 0 Å². The minimum Gasteiger partial charge on any atom is -0.430 e. The van der Waals surface area contributed by atoms with E-state index in [2.05, 4.69) is 40.7 Å². The zero-order chi connectivity index (χ0) is 26.2. The average Bonchev–Trinajstić information content (AvgIpc) is 3.22. The fraction of sp³-hybridized carbons (Fsp3) is 0.735. The predicted octanol–water partition coefficient (Wildman–Crippen LogP) is 9.61. The van der Waals surface area contributed by atoms with E-state index < -0.39 is 6.16 Å². The summed E-state index contributed by atoms with van der Waals surface area (Å²) in [6.45, 7) is 12.5. The van der Waals surface area contributed by atoms with Crippen LogP contribution in [0.15, 0.2) is 42.0 Å². The zero-order valence-electron chi connectivity index (χ0n) is 24.0. The van der Waals surface area contributed by atoms with Gasteiger partial charge >= 0.3 is 6.16 Å². The third kappa shape index (κ3) is 5.26. The molecule has 8 atom stereocenters. The lowest BCUT2D eigenvalue weighted by Gasteiger charge is -2.58. The summed E-state index contributed by atoms with van der Waals surface area (Å²) < 4.78 is 11.2. The summed E-state index contributed by atoms with van der Waals surface area (Å²) in [7, 11) is 0. The largest absolute Gasteiger partial charge is 0.514 e. The molecule has 0 heterocycles. The highest BCUT2D eigenvalue weighted by molar-refractivity contribution is 5.64. The van der Waals surface area contributed by atoms with Crippen molar-refractivity contribution >= 4 is 6.16 Å². The van der Waals surface area contributed by atoms with Crippen LogP contribution in [0.4, 0.5) is 4.79 Å². The fourth-order valence-electron chi connectivity index (χ4n) is 9.50. The van der Waals surface area contributed by atoms with Crippen LogP contribution in [0, 0.1) is 46.3 Å². The number of hydrogen-bond donors (Lipinski definition) is 0. The standard InChI is InChI=1S/C34H50O3/c1-23(2)10-9-11-24(3)29-16-17-30-28-15-14-25-22-27(37-32(35)36-26-12-7-6-8-13-26)18-20-33(25,4)31(28)19-21-34(29,30)5/h6-8,12-14,23-24,27-31H,9-11,15-22H2,1-5H3/t24-,27+,28-,29+,30-,31-,33-,34+/m0/s1. The molecule has 0 aromatic heterocycles. The molecule has 0 spiro atoms. The van der Waals surface area contributed by atoms with Gasteiger partial charge in [0.25, 0.3) is 0 Å². The molecule has 0 bridgehead atoms. The topological polar surface area (TPSA) is 35.5 Å². The Balaban J connectivity index is 1.22. The van der Waals surface area contributed by atoms with Crippen molar-refractivity contribution in [1.29, 1.82) is 0 Å². The summed E-state index contributed by atoms with van der Waals surface area (Å²) in [6, 6.07) is 9.23. The molecule has 0 radical (unpaired) electrons. The summed E-state index contributed by atoms with van der Waals surface area (Å²) in [5.41, 5.74) is 2.36. The van der Waals surface area contributed by atoms with Crippen molar-refractivity contribution < 1.29 is 14.3 Å². The smallest absolute Gasteiger partial charge is 0.430 e. The zero-order valence-corrected chi connectivity index (χ0v) is 24.0. The van der Waals surface area contributed by atoms with Gasteiger partial charge in [0.15, 0.2) is 0 Å². The molecule has 4 aliphatic rings. The van der Waals surface area contributed by atoms with Gasteiger partial charge in [-0.2, -0.15) is 0 Å². The van der Waals surface area contributed by atoms with E-state index in [9.17, 15) is 4.79 Å². The molecule has 0 amide bonds. The van der Waals surface area contributed by atoms with Crippen LogP contribution in [0.5, 0.6) is 5.75 Å². The van der Waals surface area contributed by atoms with Crippen molar-refractivity contribution in [2.75, 3.05) is 0 Å². The lowest BCUT2D eigenvalue weighted by molar-refractivity contribution is -0.0597. The Labute approximate surface area is 225 Å². The van der Waals surface area contributed by atoms with Gasteiger partial charge in [0.1, 0.15) is 11.9 Å². The average molecular weight is 507 g/mol. The third-order valence-electron chi connectivity index (χ3n) is 11.5. The van der Waals surface area contributed by atoms with E-state index in [4.69, 9.17) is 9.47 Å². The number of ether oxygens (including phenoxy) is 2. The second-order valence-electron chi connectivity index (χ2n) is 13.9. The Hall–Kier alpha value is -1.77. The van der Waals surface area contributed by atoms with Gasteiger partial charge in [-0.1, -0.05) is 83.7 Å². The monoisotopic (exact) mass is 506 g/mol. The highest BCUT2D eigenvalue weighted by Crippen LogP contribution is 2.67. The van der Waals surface area contributed by atoms with Crippen molar-refractivity contribution in [3.05, 3.63) is 42.0 Å². The number of hydrogen-bond acceptors (Lipinski definition) is 3. The Morgan fingerprint density at radius 1 is 0.973 bits per heavy atom. The quantitative estimate of drug-likeness (QED) is 0.210. The number of fused-ring (bicyclic) bond motifs is 5. The van der Waals surface area contributed by atoms with Crippen LogP contribution in [0.2, 0.25) is 0 Å². The number of carbonyl (C=O) groups excluding carboxylic acids is 1. The van der Waals surface area contributed by atoms with E-state index in [0.29, 0.717) is 11.2 Å². The first-order valence-corrected chi connectivity index (χ1v) is 15.3. The number of carbonyl (C=O) groups is 1. The second-order valence-corrected chi connectivity index (χ2v) is 13.9. The van der Waals surface area contributed by atoms with Crippen molar-refractivity contribution in [3.63, 3.8) is 0 Å². The molecule has 37 heavy (non-hydrogen) atoms. The highest BCUT2D eigenvalue weighted by atomic mass is 16.7. The number of para-hydroxylation sites is 1. The van der Waals surface area contributed by atoms with E-state index in [1.807, 2.05) is 18.2 Å². The van der Waals surface area contributed by atoms with Crippen LogP contribution in [-0.4, -0.2) is 12.3 Å². The maximum atomic E-state index is 12.4. The van der Waals surface area contributed by atoms with Crippen molar-refractivity contribution in [3.8, 4) is 5.75 Å². The Kier molecular flexibility index (Phi) is 7.81. The Bertz CT molecular complexity index is 967. The third-order valence-corrected chi connectivity index (χ3v) is 11.5. The van der Waals surface area contributed by atoms with Crippen LogP contribution in [-0.2, 0) is 4.74 Å². The van der Waals surface area contributed by atoms with Crippen LogP contribution < -0.4 is 4.74 Å². The molecule has 3 fully saturated rings. The molecule has 0 unspecified atom stereocenters. The first-order chi connectivity index (χ1) is 17.7. The van der Waals surface area contributed by atoms with E-state index in [-0.39, 0.29) is 11.5 Å². The number of benzene rings is 1. The van der Waals surface area contributed by atoms with Crippen molar-refractivity contribution in [2.24, 2.45) is 46.3 Å². The molecule has 0 aliphatic heterocycles. The van der Waals surface area contributed by atoms with Gasteiger partial charge in [0.05, 0.1) is 0 Å². The molecule has 3 heteroatoms. The predicted molar refractivity (Wildman–Crippen MR) is 150 cm³/mol. The lowest BCUT2D eigenvalue weighted by Crippen LogP contribution is -2.51. The summed E-state index contributed by atoms with van der Waals surface area (Å²) >= 11 is 0. The SMILES string of the molecule is CC(C)CCC[C@H](C)[C@H]1CC[C@H]2[C@@H]3CC=C4C[C@H](OC(=O)Oc5ccccc5)CC[C@]4(C)[C@H]3CC[C@]12C. The molecule has 3 saturated carbocycles. The Morgan fingerprint density at radius 2 is 1.76 bits per heavy atom. The normalized spacial score (nSPS) is 37.7. The van der Waals surface area contributed by atoms with Crippen LogP contribution in [0.1, 0.15) is 105 Å². The number of rotatable bonds is 7. The van der Waals surface area contributed by atoms with Crippen LogP contribution >= 0.6 is 0 Å². The molecule has 0 saturated heterocycles. The van der Waals surface area contributed by atoms with Gasteiger partial charge in [-0.05, 0) is 103 Å². The maximum Gasteiger partial charge on any atom is 0.514 e. The molecular weight excluding hydrogens is 456 g/mol. The van der Waals surface area contributed by atoms with Gasteiger partial charge < -0.3 is 9.47 Å². The summed E-state index contributed by atoms with van der Waals surface area (Å²) in [4.78, 5) is 12.4. The summed E-state index contributed by atoms with van der Waals surface area (Å²) in [6.07, 6.45) is 16.0. The Morgan fingerprint density at radius 3 is 2.51 bits per heavy atom. The van der Waals surface area contributed by atoms with Gasteiger partial charge in [-0.3, -0.25) is 0 Å². The molecule has 0 N–H and O–H groups in total. The van der Waals surface area contributed by atoms with Gasteiger partial charge in [-0.15, -0.1) is 0 Å². The molecule has 5 rings (SSSR count). The van der Waals surface area contributed by atoms with E-state index in [0.717, 1.165) is 54.8 Å². The lowest BCUT2D eigenvalue weighted by atomic mass is 9.47. The molecular formula is C34H50O3. The summed E-state index contributed by atoms with van der Waals surface area (Å²) in [5.74, 6) is 5.64. The first-order valence-electron chi connectivity index (χ1n) is 15.3. The van der Waals surface area contributed by atoms with Gasteiger partial charge in [0, 0.05) is 6.42 Å². The van der Waals surface area contributed by atoms with E-state index in [1.54, 1.807) is 17.7 Å². The minimum absolute atomic E-state index is 0.0662.